The number of anilines is 1. The quantitative estimate of drug-likeness (QED) is 0.547. The molecule has 0 bridgehead atoms. The van der Waals surface area contributed by atoms with Gasteiger partial charge in [-0.3, -0.25) is 4.79 Å². The molecule has 0 radical (unpaired) electrons. The number of nitrogens with zero attached hydrogens (tertiary/aromatic N) is 2. The Kier molecular flexibility index (Phi) is 7.01. The van der Waals surface area contributed by atoms with Crippen LogP contribution < -0.4 is 10.3 Å². The number of hydrogen-bond donors (Lipinski definition) is 2. The van der Waals surface area contributed by atoms with E-state index in [0.717, 1.165) is 28.8 Å². The van der Waals surface area contributed by atoms with Crippen molar-refractivity contribution in [1.82, 2.24) is 5.43 Å². The fraction of sp³-hybridized carbons (Fsp3) is 0.263. The smallest absolute Gasteiger partial charge is 0.244 e. The topological polar surface area (TPSA) is 64.9 Å². The number of phenols is 1. The standard InChI is InChI=1S/C19H22BrN3O2/c1-3-23(4-2)17-10-7-15(18(24)12-17)13-21-22-19(25)11-14-5-8-16(20)9-6-14/h5-10,12-13,24H,3-4,11H2,1-2H3,(H,22,25). The van der Waals surface area contributed by atoms with Crippen LogP contribution in [0.25, 0.3) is 0 Å². The molecule has 0 saturated heterocycles. The normalized spacial score (nSPS) is 10.8. The maximum absolute atomic E-state index is 11.9. The average Bonchev–Trinajstić information content (AvgIpc) is 2.60. The molecule has 1 amide bonds. The molecule has 25 heavy (non-hydrogen) atoms. The predicted molar refractivity (Wildman–Crippen MR) is 105 cm³/mol. The molecule has 2 N–H and O–H groups in total. The maximum atomic E-state index is 11.9. The van der Waals surface area contributed by atoms with Crippen LogP contribution in [0.4, 0.5) is 5.69 Å². The molecule has 6 heteroatoms. The van der Waals surface area contributed by atoms with Gasteiger partial charge in [-0.1, -0.05) is 28.1 Å². The fourth-order valence-electron chi connectivity index (χ4n) is 2.43. The summed E-state index contributed by atoms with van der Waals surface area (Å²) in [6.45, 7) is 5.87. The summed E-state index contributed by atoms with van der Waals surface area (Å²) in [7, 11) is 0. The molecule has 0 fully saturated rings. The highest BCUT2D eigenvalue weighted by atomic mass is 79.9. The number of halogens is 1. The molecular weight excluding hydrogens is 382 g/mol. The molecule has 2 rings (SSSR count). The minimum atomic E-state index is -0.210. The highest BCUT2D eigenvalue weighted by molar-refractivity contribution is 9.10. The van der Waals surface area contributed by atoms with Crippen molar-refractivity contribution in [1.29, 1.82) is 0 Å². The summed E-state index contributed by atoms with van der Waals surface area (Å²) in [5.74, 6) is -0.0758. The van der Waals surface area contributed by atoms with Gasteiger partial charge in [-0.2, -0.15) is 5.10 Å². The van der Waals surface area contributed by atoms with Gasteiger partial charge in [0.15, 0.2) is 0 Å². The first-order chi connectivity index (χ1) is 12.0. The zero-order valence-electron chi connectivity index (χ0n) is 14.4. The Hall–Kier alpha value is -2.34. The molecule has 2 aromatic carbocycles. The number of rotatable bonds is 7. The average molecular weight is 404 g/mol. The summed E-state index contributed by atoms with van der Waals surface area (Å²) >= 11 is 3.36. The van der Waals surface area contributed by atoms with Gasteiger partial charge in [0.2, 0.25) is 5.91 Å². The molecule has 0 unspecified atom stereocenters. The molecule has 0 saturated carbocycles. The van der Waals surface area contributed by atoms with E-state index in [0.29, 0.717) is 5.56 Å². The molecule has 0 aliphatic carbocycles. The van der Waals surface area contributed by atoms with Crippen molar-refractivity contribution in [2.45, 2.75) is 20.3 Å². The summed E-state index contributed by atoms with van der Waals surface area (Å²) in [5, 5.41) is 14.0. The van der Waals surface area contributed by atoms with Crippen molar-refractivity contribution in [2.75, 3.05) is 18.0 Å². The van der Waals surface area contributed by atoms with Gasteiger partial charge in [0.05, 0.1) is 12.6 Å². The minimum Gasteiger partial charge on any atom is -0.507 e. The lowest BCUT2D eigenvalue weighted by atomic mass is 10.1. The van der Waals surface area contributed by atoms with Crippen molar-refractivity contribution in [3.63, 3.8) is 0 Å². The maximum Gasteiger partial charge on any atom is 0.244 e. The lowest BCUT2D eigenvalue weighted by Crippen LogP contribution is -2.21. The first-order valence-electron chi connectivity index (χ1n) is 8.17. The summed E-state index contributed by atoms with van der Waals surface area (Å²) in [6, 6.07) is 13.0. The fourth-order valence-corrected chi connectivity index (χ4v) is 2.69. The number of aromatic hydroxyl groups is 1. The molecule has 5 nitrogen and oxygen atoms in total. The van der Waals surface area contributed by atoms with Crippen LogP contribution in [-0.2, 0) is 11.2 Å². The third-order valence-corrected chi connectivity index (χ3v) is 4.34. The molecule has 2 aromatic rings. The van der Waals surface area contributed by atoms with E-state index in [1.807, 2.05) is 30.3 Å². The second kappa shape index (κ2) is 9.22. The second-order valence-electron chi connectivity index (χ2n) is 5.51. The Balaban J connectivity index is 1.95. The van der Waals surface area contributed by atoms with Crippen LogP contribution in [0, 0.1) is 0 Å². The monoisotopic (exact) mass is 403 g/mol. The summed E-state index contributed by atoms with van der Waals surface area (Å²) in [5.41, 5.74) is 4.90. The van der Waals surface area contributed by atoms with Crippen molar-refractivity contribution >= 4 is 33.7 Å². The van der Waals surface area contributed by atoms with Crippen molar-refractivity contribution in [3.8, 4) is 5.75 Å². The minimum absolute atomic E-state index is 0.135. The van der Waals surface area contributed by atoms with Crippen LogP contribution in [-0.4, -0.2) is 30.3 Å². The van der Waals surface area contributed by atoms with Crippen molar-refractivity contribution < 1.29 is 9.90 Å². The van der Waals surface area contributed by atoms with Crippen LogP contribution in [0.15, 0.2) is 52.0 Å². The largest absolute Gasteiger partial charge is 0.507 e. The number of benzene rings is 2. The summed E-state index contributed by atoms with van der Waals surface area (Å²) in [6.07, 6.45) is 1.69. The van der Waals surface area contributed by atoms with Crippen LogP contribution in [0.2, 0.25) is 0 Å². The summed E-state index contributed by atoms with van der Waals surface area (Å²) < 4.78 is 0.971. The van der Waals surface area contributed by atoms with E-state index in [4.69, 9.17) is 0 Å². The van der Waals surface area contributed by atoms with Gasteiger partial charge in [0, 0.05) is 34.9 Å². The number of amides is 1. The van der Waals surface area contributed by atoms with Gasteiger partial charge >= 0.3 is 0 Å². The molecule has 0 aliphatic heterocycles. The van der Waals surface area contributed by atoms with E-state index >= 15 is 0 Å². The zero-order chi connectivity index (χ0) is 18.2. The van der Waals surface area contributed by atoms with Gasteiger partial charge in [0.1, 0.15) is 5.75 Å². The van der Waals surface area contributed by atoms with E-state index in [2.05, 4.69) is 45.2 Å². The molecule has 132 valence electrons. The Morgan fingerprint density at radius 3 is 2.48 bits per heavy atom. The first kappa shape index (κ1) is 19.0. The van der Waals surface area contributed by atoms with E-state index in [1.165, 1.54) is 6.21 Å². The van der Waals surface area contributed by atoms with Gasteiger partial charge in [-0.05, 0) is 43.7 Å². The Bertz CT molecular complexity index is 741. The number of hydrazone groups is 1. The molecule has 0 atom stereocenters. The Morgan fingerprint density at radius 2 is 1.88 bits per heavy atom. The molecule has 0 heterocycles. The van der Waals surface area contributed by atoms with Crippen LogP contribution in [0.3, 0.4) is 0 Å². The lowest BCUT2D eigenvalue weighted by Gasteiger charge is -2.21. The molecule has 0 spiro atoms. The van der Waals surface area contributed by atoms with E-state index in [-0.39, 0.29) is 18.1 Å². The third-order valence-electron chi connectivity index (χ3n) is 3.81. The molecular formula is C19H22BrN3O2. The highest BCUT2D eigenvalue weighted by Crippen LogP contribution is 2.23. The van der Waals surface area contributed by atoms with Crippen LogP contribution in [0.5, 0.6) is 5.75 Å². The zero-order valence-corrected chi connectivity index (χ0v) is 16.0. The van der Waals surface area contributed by atoms with E-state index < -0.39 is 0 Å². The van der Waals surface area contributed by atoms with E-state index in [9.17, 15) is 9.90 Å². The summed E-state index contributed by atoms with van der Waals surface area (Å²) in [4.78, 5) is 14.0. The molecule has 0 aromatic heterocycles. The van der Waals surface area contributed by atoms with E-state index in [1.54, 1.807) is 12.1 Å². The van der Waals surface area contributed by atoms with Crippen LogP contribution in [0.1, 0.15) is 25.0 Å². The lowest BCUT2D eigenvalue weighted by molar-refractivity contribution is -0.120. The van der Waals surface area contributed by atoms with Gasteiger partial charge in [-0.25, -0.2) is 5.43 Å². The number of nitrogens with one attached hydrogen (secondary N) is 1. The number of hydrogen-bond acceptors (Lipinski definition) is 4. The van der Waals surface area contributed by atoms with Crippen molar-refractivity contribution in [3.05, 3.63) is 58.1 Å². The molecule has 0 aliphatic rings. The first-order valence-corrected chi connectivity index (χ1v) is 8.97. The Morgan fingerprint density at radius 1 is 1.20 bits per heavy atom. The predicted octanol–water partition coefficient (Wildman–Crippen LogP) is 3.69. The van der Waals surface area contributed by atoms with Gasteiger partial charge in [0.25, 0.3) is 0 Å². The van der Waals surface area contributed by atoms with Gasteiger partial charge in [-0.15, -0.1) is 0 Å². The highest BCUT2D eigenvalue weighted by Gasteiger charge is 2.06. The number of carbonyl (C=O) groups is 1. The third kappa shape index (κ3) is 5.60. The number of carbonyl (C=O) groups excluding carboxylic acids is 1. The van der Waals surface area contributed by atoms with Crippen LogP contribution >= 0.6 is 15.9 Å². The second-order valence-corrected chi connectivity index (χ2v) is 6.43. The SMILES string of the molecule is CCN(CC)c1ccc(C=NNC(=O)Cc2ccc(Br)cc2)c(O)c1. The number of phenolic OH excluding ortho intramolecular Hbond substituents is 1. The van der Waals surface area contributed by atoms with Crippen molar-refractivity contribution in [2.24, 2.45) is 5.10 Å². The van der Waals surface area contributed by atoms with Gasteiger partial charge < -0.3 is 10.0 Å². The Labute approximate surface area is 156 Å².